The molecule has 42 heavy (non-hydrogen) atoms. The van der Waals surface area contributed by atoms with Crippen LogP contribution in [0.15, 0.2) is 32.9 Å². The fraction of sp³-hybridized carbons (Fsp3) is 0.577. The van der Waals surface area contributed by atoms with Crippen LogP contribution in [0.3, 0.4) is 0 Å². The first kappa shape index (κ1) is 31.5. The molecule has 2 atom stereocenters. The molecule has 2 N–H and O–H groups in total. The highest BCUT2D eigenvalue weighted by atomic mass is 32.2. The summed E-state index contributed by atoms with van der Waals surface area (Å²) in [6, 6.07) is 2.68. The minimum absolute atomic E-state index is 0.0497. The number of β-amino-alcohol motifs (C(OH)–C–C–N with tert-alkyl or cyclic N) is 2. The second kappa shape index (κ2) is 12.8. The first-order valence-corrected chi connectivity index (χ1v) is 15.0. The molecule has 1 fully saturated rings. The summed E-state index contributed by atoms with van der Waals surface area (Å²) in [5, 5.41) is 21.4. The van der Waals surface area contributed by atoms with Gasteiger partial charge in [-0.15, -0.1) is 0 Å². The monoisotopic (exact) mass is 610 g/mol. The lowest BCUT2D eigenvalue weighted by atomic mass is 10.2. The molecule has 0 spiro atoms. The molecule has 0 radical (unpaired) electrons. The zero-order valence-electron chi connectivity index (χ0n) is 24.4. The Labute approximate surface area is 243 Å². The van der Waals surface area contributed by atoms with Crippen molar-refractivity contribution in [3.63, 3.8) is 0 Å². The van der Waals surface area contributed by atoms with Gasteiger partial charge in [-0.1, -0.05) is 0 Å². The standard InChI is InChI=1S/C26H38N6O9S/c1-28-16-27-24-22(28)25(35)32(26(36)29(24)2)14-17(33)12-30-6-8-31(9-7-30)13-18(34)15-42(37,38)19-10-20(39-3)23(41-5)21(11-19)40-4/h10-11,16-18,33-34H,6-9,12-15H2,1-5H3. The minimum Gasteiger partial charge on any atom is -0.493 e. The summed E-state index contributed by atoms with van der Waals surface area (Å²) in [6.07, 6.45) is -0.649. The van der Waals surface area contributed by atoms with E-state index in [9.17, 15) is 28.2 Å². The number of imidazole rings is 1. The topological polar surface area (TPSA) is 171 Å². The number of aryl methyl sites for hydroxylation is 2. The third kappa shape index (κ3) is 6.47. The van der Waals surface area contributed by atoms with Crippen LogP contribution in [0.25, 0.3) is 11.2 Å². The second-order valence-corrected chi connectivity index (χ2v) is 12.4. The summed E-state index contributed by atoms with van der Waals surface area (Å²) in [5.41, 5.74) is -0.491. The number of ether oxygens (including phenoxy) is 3. The molecule has 2 aromatic heterocycles. The van der Waals surface area contributed by atoms with Gasteiger partial charge >= 0.3 is 5.69 Å². The number of benzene rings is 1. The predicted molar refractivity (Wildman–Crippen MR) is 153 cm³/mol. The van der Waals surface area contributed by atoms with E-state index < -0.39 is 39.0 Å². The molecule has 3 aromatic rings. The molecule has 1 aliphatic rings. The van der Waals surface area contributed by atoms with E-state index in [4.69, 9.17) is 14.2 Å². The largest absolute Gasteiger partial charge is 0.493 e. The molecule has 1 aliphatic heterocycles. The van der Waals surface area contributed by atoms with E-state index in [0.29, 0.717) is 26.2 Å². The Morgan fingerprint density at radius 2 is 1.43 bits per heavy atom. The van der Waals surface area contributed by atoms with Gasteiger partial charge in [-0.25, -0.2) is 18.2 Å². The molecule has 0 amide bonds. The molecule has 0 saturated carbocycles. The summed E-state index contributed by atoms with van der Waals surface area (Å²) >= 11 is 0. The molecular formula is C26H38N6O9S. The first-order valence-electron chi connectivity index (χ1n) is 13.3. The van der Waals surface area contributed by atoms with E-state index in [1.165, 1.54) is 51.4 Å². The molecule has 3 heterocycles. The van der Waals surface area contributed by atoms with Crippen LogP contribution in [0, 0.1) is 0 Å². The number of piperazine rings is 1. The highest BCUT2D eigenvalue weighted by Gasteiger charge is 2.27. The van der Waals surface area contributed by atoms with Crippen LogP contribution in [0.2, 0.25) is 0 Å². The Bertz CT molecular complexity index is 1620. The van der Waals surface area contributed by atoms with Gasteiger partial charge in [-0.3, -0.25) is 23.7 Å². The highest BCUT2D eigenvalue weighted by Crippen LogP contribution is 2.39. The molecule has 0 aliphatic carbocycles. The Hall–Kier alpha value is -3.44. The normalized spacial score (nSPS) is 16.5. The van der Waals surface area contributed by atoms with Gasteiger partial charge in [0.1, 0.15) is 0 Å². The van der Waals surface area contributed by atoms with E-state index in [1.807, 2.05) is 9.80 Å². The number of hydrogen-bond acceptors (Lipinski definition) is 12. The van der Waals surface area contributed by atoms with Gasteiger partial charge in [-0.05, 0) is 0 Å². The molecule has 0 bridgehead atoms. The van der Waals surface area contributed by atoms with Crippen LogP contribution < -0.4 is 25.5 Å². The highest BCUT2D eigenvalue weighted by molar-refractivity contribution is 7.91. The molecular weight excluding hydrogens is 572 g/mol. The SMILES string of the molecule is COc1cc(S(=O)(=O)CC(O)CN2CCN(CC(O)Cn3c(=O)c4c(ncn4C)n(C)c3=O)CC2)cc(OC)c1OC. The van der Waals surface area contributed by atoms with Crippen molar-refractivity contribution in [3.8, 4) is 17.2 Å². The number of aliphatic hydroxyl groups is 2. The molecule has 4 rings (SSSR count). The zero-order chi connectivity index (χ0) is 30.8. The average Bonchev–Trinajstić information content (AvgIpc) is 3.35. The second-order valence-electron chi connectivity index (χ2n) is 10.3. The molecule has 1 saturated heterocycles. The number of aliphatic hydroxyl groups excluding tert-OH is 2. The van der Waals surface area contributed by atoms with Crippen molar-refractivity contribution in [2.24, 2.45) is 14.1 Å². The van der Waals surface area contributed by atoms with E-state index >= 15 is 0 Å². The van der Waals surface area contributed by atoms with E-state index in [0.717, 1.165) is 4.57 Å². The van der Waals surface area contributed by atoms with Gasteiger partial charge in [0.05, 0.1) is 57.1 Å². The summed E-state index contributed by atoms with van der Waals surface area (Å²) < 4.78 is 45.7. The molecule has 15 nitrogen and oxygen atoms in total. The zero-order valence-corrected chi connectivity index (χ0v) is 25.2. The number of sulfone groups is 1. The van der Waals surface area contributed by atoms with Crippen LogP contribution in [0.4, 0.5) is 0 Å². The number of hydrogen-bond donors (Lipinski definition) is 2. The van der Waals surface area contributed by atoms with Crippen molar-refractivity contribution in [2.45, 2.75) is 23.6 Å². The van der Waals surface area contributed by atoms with E-state index in [2.05, 4.69) is 4.98 Å². The predicted octanol–water partition coefficient (Wildman–Crippen LogP) is -1.73. The number of methoxy groups -OCH3 is 3. The molecule has 16 heteroatoms. The van der Waals surface area contributed by atoms with Crippen molar-refractivity contribution < 1.29 is 32.8 Å². The summed E-state index contributed by atoms with van der Waals surface area (Å²) in [5.74, 6) is 0.179. The number of aromatic nitrogens is 4. The van der Waals surface area contributed by atoms with E-state index in [1.54, 1.807) is 11.6 Å². The summed E-state index contributed by atoms with van der Waals surface area (Å²) in [4.78, 5) is 33.7. The number of rotatable bonds is 12. The third-order valence-electron chi connectivity index (χ3n) is 7.41. The van der Waals surface area contributed by atoms with Crippen LogP contribution >= 0.6 is 0 Å². The third-order valence-corrected chi connectivity index (χ3v) is 9.18. The van der Waals surface area contributed by atoms with Gasteiger partial charge in [0.2, 0.25) is 5.75 Å². The summed E-state index contributed by atoms with van der Waals surface area (Å²) in [7, 11) is 3.53. The molecule has 1 aromatic carbocycles. The molecule has 2 unspecified atom stereocenters. The van der Waals surface area contributed by atoms with Crippen molar-refractivity contribution in [2.75, 3.05) is 66.4 Å². The van der Waals surface area contributed by atoms with Crippen LogP contribution in [-0.2, 0) is 30.5 Å². The number of nitrogens with zero attached hydrogens (tertiary/aromatic N) is 6. The van der Waals surface area contributed by atoms with Crippen LogP contribution in [0.1, 0.15) is 0 Å². The first-order chi connectivity index (χ1) is 19.9. The van der Waals surface area contributed by atoms with Gasteiger partial charge in [0.25, 0.3) is 5.56 Å². The number of fused-ring (bicyclic) bond motifs is 1. The van der Waals surface area contributed by atoms with E-state index in [-0.39, 0.29) is 52.9 Å². The maximum absolute atomic E-state index is 13.1. The van der Waals surface area contributed by atoms with Crippen LogP contribution in [-0.4, -0.2) is 126 Å². The Morgan fingerprint density at radius 3 is 1.95 bits per heavy atom. The van der Waals surface area contributed by atoms with Gasteiger partial charge in [-0.2, -0.15) is 0 Å². The van der Waals surface area contributed by atoms with Crippen molar-refractivity contribution in [1.29, 1.82) is 0 Å². The van der Waals surface area contributed by atoms with Crippen molar-refractivity contribution >= 4 is 21.0 Å². The molecule has 232 valence electrons. The van der Waals surface area contributed by atoms with Crippen molar-refractivity contribution in [1.82, 2.24) is 28.5 Å². The average molecular weight is 611 g/mol. The lowest BCUT2D eigenvalue weighted by Crippen LogP contribution is -2.52. The quantitative estimate of drug-likeness (QED) is 0.238. The maximum Gasteiger partial charge on any atom is 0.332 e. The summed E-state index contributed by atoms with van der Waals surface area (Å²) in [6.45, 7) is 2.41. The Morgan fingerprint density at radius 1 is 0.881 bits per heavy atom. The fourth-order valence-corrected chi connectivity index (χ4v) is 6.59. The lowest BCUT2D eigenvalue weighted by molar-refractivity contribution is 0.0475. The van der Waals surface area contributed by atoms with Gasteiger partial charge < -0.3 is 29.0 Å². The lowest BCUT2D eigenvalue weighted by Gasteiger charge is -2.36. The Kier molecular flexibility index (Phi) is 9.62. The smallest absolute Gasteiger partial charge is 0.332 e. The van der Waals surface area contributed by atoms with Crippen molar-refractivity contribution in [3.05, 3.63) is 39.3 Å². The Balaban J connectivity index is 1.32. The van der Waals surface area contributed by atoms with Gasteiger partial charge in [0.15, 0.2) is 32.5 Å². The van der Waals surface area contributed by atoms with Gasteiger partial charge in [0, 0.05) is 65.5 Å². The maximum atomic E-state index is 13.1. The van der Waals surface area contributed by atoms with Crippen LogP contribution in [0.5, 0.6) is 17.2 Å². The fourth-order valence-electron chi connectivity index (χ4n) is 5.22. The minimum atomic E-state index is -3.88.